The van der Waals surface area contributed by atoms with Crippen LogP contribution >= 0.6 is 0 Å². The van der Waals surface area contributed by atoms with Gasteiger partial charge in [-0.3, -0.25) is 0 Å². The summed E-state index contributed by atoms with van der Waals surface area (Å²) >= 11 is 0. The van der Waals surface area contributed by atoms with E-state index in [4.69, 9.17) is 9.84 Å². The molecule has 2 aromatic rings. The summed E-state index contributed by atoms with van der Waals surface area (Å²) in [5.41, 5.74) is 1.05. The van der Waals surface area contributed by atoms with Crippen molar-refractivity contribution in [2.75, 3.05) is 6.61 Å². The van der Waals surface area contributed by atoms with Gasteiger partial charge >= 0.3 is 11.9 Å². The number of carboxylic acids is 1. The molecule has 0 amide bonds. The van der Waals surface area contributed by atoms with Crippen molar-refractivity contribution in [2.24, 2.45) is 0 Å². The Bertz CT molecular complexity index is 619. The first-order valence-corrected chi connectivity index (χ1v) is 5.67. The number of carbonyl (C=O) groups is 2. The quantitative estimate of drug-likeness (QED) is 0.847. The van der Waals surface area contributed by atoms with Crippen LogP contribution in [0.1, 0.15) is 27.6 Å². The predicted octanol–water partition coefficient (Wildman–Crippen LogP) is 1.75. The molecule has 19 heavy (non-hydrogen) atoms. The first-order chi connectivity index (χ1) is 9.11. The molecule has 0 fully saturated rings. The van der Waals surface area contributed by atoms with Gasteiger partial charge in [0.15, 0.2) is 0 Å². The maximum absolute atomic E-state index is 11.5. The third-order valence-electron chi connectivity index (χ3n) is 2.45. The first kappa shape index (κ1) is 12.8. The minimum atomic E-state index is -1.01. The number of benzene rings is 1. The number of carboxylic acid groups (broad SMARTS) is 1. The molecule has 0 aliphatic rings. The van der Waals surface area contributed by atoms with Crippen molar-refractivity contribution in [3.8, 4) is 5.69 Å². The van der Waals surface area contributed by atoms with Gasteiger partial charge in [0.2, 0.25) is 0 Å². The van der Waals surface area contributed by atoms with Crippen LogP contribution in [0.3, 0.4) is 0 Å². The molecular weight excluding hydrogens is 248 g/mol. The number of ether oxygens (including phenoxy) is 1. The number of rotatable bonds is 4. The Morgan fingerprint density at radius 3 is 2.84 bits per heavy atom. The molecule has 0 atom stereocenters. The normalized spacial score (nSPS) is 10.2. The van der Waals surface area contributed by atoms with Crippen LogP contribution in [0.2, 0.25) is 0 Å². The molecule has 0 saturated carbocycles. The second-order valence-corrected chi connectivity index (χ2v) is 3.75. The van der Waals surface area contributed by atoms with Crippen LogP contribution in [0.4, 0.5) is 0 Å². The number of esters is 1. The Morgan fingerprint density at radius 1 is 1.37 bits per heavy atom. The molecule has 1 aromatic heterocycles. The fraction of sp³-hybridized carbons (Fsp3) is 0.154. The molecule has 0 saturated heterocycles. The monoisotopic (exact) mass is 260 g/mol. The second kappa shape index (κ2) is 5.34. The van der Waals surface area contributed by atoms with Crippen molar-refractivity contribution in [1.29, 1.82) is 0 Å². The molecule has 1 heterocycles. The van der Waals surface area contributed by atoms with Gasteiger partial charge in [0, 0.05) is 6.20 Å². The smallest absolute Gasteiger partial charge is 0.341 e. The third-order valence-corrected chi connectivity index (χ3v) is 2.45. The number of aromatic nitrogens is 2. The van der Waals surface area contributed by atoms with Crippen molar-refractivity contribution < 1.29 is 19.4 Å². The minimum absolute atomic E-state index is 0.158. The number of hydrogen-bond acceptors (Lipinski definition) is 4. The number of carbonyl (C=O) groups excluding carboxylic acids is 1. The minimum Gasteiger partial charge on any atom is -0.478 e. The van der Waals surface area contributed by atoms with Crippen molar-refractivity contribution >= 4 is 11.9 Å². The van der Waals surface area contributed by atoms with E-state index in [2.05, 4.69) is 5.10 Å². The summed E-state index contributed by atoms with van der Waals surface area (Å²) in [4.78, 5) is 22.4. The number of hydrogen-bond donors (Lipinski definition) is 1. The van der Waals surface area contributed by atoms with E-state index in [-0.39, 0.29) is 5.56 Å². The summed E-state index contributed by atoms with van der Waals surface area (Å²) in [6.07, 6.45) is 2.88. The summed E-state index contributed by atoms with van der Waals surface area (Å²) in [7, 11) is 0. The Morgan fingerprint density at radius 2 is 2.16 bits per heavy atom. The van der Waals surface area contributed by atoms with Crippen LogP contribution in [0.15, 0.2) is 36.7 Å². The Labute approximate surface area is 109 Å². The SMILES string of the molecule is CCOC(=O)c1cnn(-c2cccc(C(=O)O)c2)c1. The predicted molar refractivity (Wildman–Crippen MR) is 66.5 cm³/mol. The van der Waals surface area contributed by atoms with Gasteiger partial charge in [-0.25, -0.2) is 14.3 Å². The Hall–Kier alpha value is -2.63. The van der Waals surface area contributed by atoms with Crippen molar-refractivity contribution in [3.63, 3.8) is 0 Å². The highest BCUT2D eigenvalue weighted by Crippen LogP contribution is 2.11. The van der Waals surface area contributed by atoms with Gasteiger partial charge in [0.1, 0.15) is 0 Å². The van der Waals surface area contributed by atoms with Gasteiger partial charge in [-0.2, -0.15) is 5.10 Å². The van der Waals surface area contributed by atoms with Crippen LogP contribution in [-0.4, -0.2) is 33.4 Å². The first-order valence-electron chi connectivity index (χ1n) is 5.67. The van der Waals surface area contributed by atoms with Crippen LogP contribution in [0, 0.1) is 0 Å². The standard InChI is InChI=1S/C13H12N2O4/c1-2-19-13(18)10-7-14-15(8-10)11-5-3-4-9(6-11)12(16)17/h3-8H,2H2,1H3,(H,16,17). The summed E-state index contributed by atoms with van der Waals surface area (Å²) in [6.45, 7) is 2.01. The molecule has 0 radical (unpaired) electrons. The molecule has 6 heteroatoms. The zero-order chi connectivity index (χ0) is 13.8. The lowest BCUT2D eigenvalue weighted by atomic mass is 10.2. The molecule has 0 unspecified atom stereocenters. The van der Waals surface area contributed by atoms with Crippen molar-refractivity contribution in [3.05, 3.63) is 47.8 Å². The molecule has 0 spiro atoms. The van der Waals surface area contributed by atoms with E-state index >= 15 is 0 Å². The number of nitrogens with zero attached hydrogens (tertiary/aromatic N) is 2. The van der Waals surface area contributed by atoms with Gasteiger partial charge in [0.05, 0.1) is 29.6 Å². The van der Waals surface area contributed by atoms with Gasteiger partial charge < -0.3 is 9.84 Å². The van der Waals surface area contributed by atoms with Crippen LogP contribution in [0.25, 0.3) is 5.69 Å². The van der Waals surface area contributed by atoms with Gasteiger partial charge in [-0.1, -0.05) is 6.07 Å². The third kappa shape index (κ3) is 2.79. The summed E-state index contributed by atoms with van der Waals surface area (Å²) < 4.78 is 6.28. The molecule has 98 valence electrons. The zero-order valence-electron chi connectivity index (χ0n) is 10.2. The van der Waals surface area contributed by atoms with Gasteiger partial charge in [-0.15, -0.1) is 0 Å². The van der Waals surface area contributed by atoms with Crippen LogP contribution in [-0.2, 0) is 4.74 Å². The molecule has 6 nitrogen and oxygen atoms in total. The lowest BCUT2D eigenvalue weighted by Crippen LogP contribution is -2.03. The van der Waals surface area contributed by atoms with Crippen LogP contribution < -0.4 is 0 Å². The molecule has 1 N–H and O–H groups in total. The molecule has 0 bridgehead atoms. The van der Waals surface area contributed by atoms with E-state index in [0.29, 0.717) is 17.9 Å². The molecule has 1 aromatic carbocycles. The van der Waals surface area contributed by atoms with E-state index in [1.807, 2.05) is 0 Å². The summed E-state index contributed by atoms with van der Waals surface area (Å²) in [6, 6.07) is 6.28. The lowest BCUT2D eigenvalue weighted by molar-refractivity contribution is 0.0525. The van der Waals surface area contributed by atoms with E-state index in [0.717, 1.165) is 0 Å². The van der Waals surface area contributed by atoms with Gasteiger partial charge in [-0.05, 0) is 25.1 Å². The highest BCUT2D eigenvalue weighted by Gasteiger charge is 2.11. The molecule has 0 aliphatic heterocycles. The summed E-state index contributed by atoms with van der Waals surface area (Å²) in [5.74, 6) is -1.47. The second-order valence-electron chi connectivity index (χ2n) is 3.75. The van der Waals surface area contributed by atoms with Gasteiger partial charge in [0.25, 0.3) is 0 Å². The fourth-order valence-electron chi connectivity index (χ4n) is 1.57. The fourth-order valence-corrected chi connectivity index (χ4v) is 1.57. The Balaban J connectivity index is 2.30. The highest BCUT2D eigenvalue weighted by atomic mass is 16.5. The molecule has 0 aliphatic carbocycles. The average molecular weight is 260 g/mol. The average Bonchev–Trinajstić information content (AvgIpc) is 2.89. The van der Waals surface area contributed by atoms with E-state index in [1.165, 1.54) is 29.2 Å². The molecule has 2 rings (SSSR count). The largest absolute Gasteiger partial charge is 0.478 e. The molecular formula is C13H12N2O4. The maximum Gasteiger partial charge on any atom is 0.341 e. The maximum atomic E-state index is 11.5. The Kier molecular flexibility index (Phi) is 3.61. The summed E-state index contributed by atoms with van der Waals surface area (Å²) in [5, 5.41) is 12.9. The van der Waals surface area contributed by atoms with Crippen molar-refractivity contribution in [2.45, 2.75) is 6.92 Å². The highest BCUT2D eigenvalue weighted by molar-refractivity contribution is 5.89. The van der Waals surface area contributed by atoms with Crippen molar-refractivity contribution in [1.82, 2.24) is 9.78 Å². The zero-order valence-corrected chi connectivity index (χ0v) is 10.2. The topological polar surface area (TPSA) is 81.4 Å². The number of aromatic carboxylic acids is 1. The van der Waals surface area contributed by atoms with E-state index in [9.17, 15) is 9.59 Å². The van der Waals surface area contributed by atoms with E-state index in [1.54, 1.807) is 19.1 Å². The lowest BCUT2D eigenvalue weighted by Gasteiger charge is -2.02. The van der Waals surface area contributed by atoms with Crippen LogP contribution in [0.5, 0.6) is 0 Å². The van der Waals surface area contributed by atoms with E-state index < -0.39 is 11.9 Å².